The van der Waals surface area contributed by atoms with Crippen LogP contribution in [0.25, 0.3) is 33.6 Å². The lowest BCUT2D eigenvalue weighted by atomic mass is 9.72. The first-order chi connectivity index (χ1) is 20.4. The van der Waals surface area contributed by atoms with Crippen molar-refractivity contribution in [3.05, 3.63) is 60.2 Å². The van der Waals surface area contributed by atoms with E-state index in [-0.39, 0.29) is 0 Å². The van der Waals surface area contributed by atoms with Gasteiger partial charge in [-0.05, 0) is 44.5 Å². The lowest BCUT2D eigenvalue weighted by Crippen LogP contribution is -2.50. The number of amides is 1. The van der Waals surface area contributed by atoms with Crippen LogP contribution in [0.1, 0.15) is 24.8 Å². The van der Waals surface area contributed by atoms with Crippen LogP contribution in [0.4, 0.5) is 10.7 Å². The van der Waals surface area contributed by atoms with Crippen molar-refractivity contribution in [1.29, 1.82) is 0 Å². The van der Waals surface area contributed by atoms with Crippen LogP contribution in [0.3, 0.4) is 0 Å². The summed E-state index contributed by atoms with van der Waals surface area (Å²) in [6.45, 7) is 5.62. The van der Waals surface area contributed by atoms with Crippen molar-refractivity contribution in [2.45, 2.75) is 24.8 Å². The van der Waals surface area contributed by atoms with Crippen LogP contribution in [0, 0.1) is 0 Å². The fraction of sp³-hybridized carbons (Fsp3) is 0.406. The highest BCUT2D eigenvalue weighted by molar-refractivity contribution is 6.03. The molecule has 2 N–H and O–H groups in total. The first-order valence-corrected chi connectivity index (χ1v) is 14.5. The van der Waals surface area contributed by atoms with Gasteiger partial charge in [-0.1, -0.05) is 54.6 Å². The molecule has 4 aromatic rings. The molecule has 10 heteroatoms. The number of fused-ring (bicyclic) bond motifs is 1. The molecule has 1 aliphatic heterocycles. The molecule has 1 saturated carbocycles. The van der Waals surface area contributed by atoms with E-state index in [1.165, 1.54) is 0 Å². The van der Waals surface area contributed by atoms with Gasteiger partial charge in [0.05, 0.1) is 12.6 Å². The third kappa shape index (κ3) is 5.39. The largest absolute Gasteiger partial charge is 0.480 e. The number of hydrogen-bond donors (Lipinski definition) is 2. The number of carbonyl (C=O) groups is 1. The molecule has 1 aliphatic carbocycles. The van der Waals surface area contributed by atoms with Gasteiger partial charge in [-0.3, -0.25) is 4.90 Å². The molecule has 1 amide bonds. The van der Waals surface area contributed by atoms with E-state index >= 15 is 0 Å². The molecule has 10 nitrogen and oxygen atoms in total. The van der Waals surface area contributed by atoms with E-state index in [9.17, 15) is 9.90 Å². The molecular weight excluding hydrogens is 532 g/mol. The van der Waals surface area contributed by atoms with Gasteiger partial charge in [-0.25, -0.2) is 4.79 Å². The molecule has 220 valence electrons. The van der Waals surface area contributed by atoms with Crippen molar-refractivity contribution < 1.29 is 19.1 Å². The molecule has 2 fully saturated rings. The van der Waals surface area contributed by atoms with Gasteiger partial charge in [0, 0.05) is 50.4 Å². The average Bonchev–Trinajstić information content (AvgIpc) is 3.38. The van der Waals surface area contributed by atoms with Crippen molar-refractivity contribution in [2.24, 2.45) is 0 Å². The van der Waals surface area contributed by atoms with E-state index in [0.29, 0.717) is 23.3 Å². The normalized spacial score (nSPS) is 16.9. The molecule has 1 saturated heterocycles. The smallest absolute Gasteiger partial charge is 0.405 e. The number of likely N-dealkylation sites (N-methyl/N-ethyl adjacent to an activating group) is 1. The van der Waals surface area contributed by atoms with Gasteiger partial charge >= 0.3 is 6.09 Å². The molecule has 3 heterocycles. The Morgan fingerprint density at radius 3 is 2.33 bits per heavy atom. The second kappa shape index (κ2) is 11.6. The number of ether oxygens (including phenoxy) is 1. The highest BCUT2D eigenvalue weighted by Gasteiger charge is 2.40. The number of benzene rings is 2. The molecule has 2 aromatic heterocycles. The zero-order valence-corrected chi connectivity index (χ0v) is 24.5. The van der Waals surface area contributed by atoms with Crippen LogP contribution in [-0.4, -0.2) is 91.4 Å². The molecule has 2 aliphatic rings. The first-order valence-electron chi connectivity index (χ1n) is 14.5. The number of carboxylic acid groups (broad SMARTS) is 1. The van der Waals surface area contributed by atoms with Crippen molar-refractivity contribution in [1.82, 2.24) is 25.1 Å². The Kier molecular flexibility index (Phi) is 7.74. The summed E-state index contributed by atoms with van der Waals surface area (Å²) in [7, 11) is 5.83. The Labute approximate surface area is 245 Å². The molecule has 0 atom stereocenters. The number of furan rings is 1. The standard InChI is InChI=1S/C32H38N6O4/c1-36(2)16-17-37-18-20-38(21-19-37)30-33-28(41-3)26-25(22-8-5-4-6-9-22)27(42-29(26)34-30)23-10-12-24(13-11-23)32(14-7-15-32)35-31(39)40/h4-6,8-13,35H,7,14-21H2,1-3H3,(H,39,40). The van der Waals surface area contributed by atoms with Crippen molar-refractivity contribution in [3.8, 4) is 28.3 Å². The molecule has 42 heavy (non-hydrogen) atoms. The molecule has 0 spiro atoms. The Morgan fingerprint density at radius 1 is 1.02 bits per heavy atom. The minimum absolute atomic E-state index is 0.479. The maximum atomic E-state index is 11.5. The number of rotatable bonds is 9. The monoisotopic (exact) mass is 570 g/mol. The van der Waals surface area contributed by atoms with Crippen molar-refractivity contribution >= 4 is 23.1 Å². The lowest BCUT2D eigenvalue weighted by molar-refractivity contribution is 0.144. The fourth-order valence-corrected chi connectivity index (χ4v) is 6.01. The van der Waals surface area contributed by atoms with Gasteiger partial charge in [-0.15, -0.1) is 0 Å². The zero-order valence-electron chi connectivity index (χ0n) is 24.5. The highest BCUT2D eigenvalue weighted by atomic mass is 16.5. The minimum atomic E-state index is -1.00. The number of hydrogen-bond acceptors (Lipinski definition) is 8. The second-order valence-corrected chi connectivity index (χ2v) is 11.5. The Bertz CT molecular complexity index is 1540. The fourth-order valence-electron chi connectivity index (χ4n) is 6.01. The molecular formula is C32H38N6O4. The van der Waals surface area contributed by atoms with Gasteiger partial charge in [0.1, 0.15) is 11.1 Å². The van der Waals surface area contributed by atoms with Gasteiger partial charge in [0.25, 0.3) is 0 Å². The number of piperazine rings is 1. The third-order valence-corrected chi connectivity index (χ3v) is 8.53. The lowest BCUT2D eigenvalue weighted by Gasteiger charge is -2.42. The summed E-state index contributed by atoms with van der Waals surface area (Å²) in [6, 6.07) is 18.1. The Morgan fingerprint density at radius 2 is 1.74 bits per heavy atom. The number of anilines is 1. The highest BCUT2D eigenvalue weighted by Crippen LogP contribution is 2.46. The first kappa shape index (κ1) is 28.0. The molecule has 6 rings (SSSR count). The summed E-state index contributed by atoms with van der Waals surface area (Å²) in [5.74, 6) is 1.76. The maximum absolute atomic E-state index is 11.5. The number of aromatic nitrogens is 2. The van der Waals surface area contributed by atoms with E-state index in [1.807, 2.05) is 54.6 Å². The summed E-state index contributed by atoms with van der Waals surface area (Å²) in [6.07, 6.45) is 1.57. The van der Waals surface area contributed by atoms with Gasteiger partial charge < -0.3 is 29.4 Å². The Hall–Kier alpha value is -4.15. The average molecular weight is 571 g/mol. The van der Waals surface area contributed by atoms with Gasteiger partial charge in [-0.2, -0.15) is 9.97 Å². The summed E-state index contributed by atoms with van der Waals surface area (Å²) in [5.41, 5.74) is 3.63. The predicted octanol–water partition coefficient (Wildman–Crippen LogP) is 4.90. The third-order valence-electron chi connectivity index (χ3n) is 8.53. The van der Waals surface area contributed by atoms with Crippen LogP contribution < -0.4 is 15.0 Å². The van der Waals surface area contributed by atoms with Crippen LogP contribution in [0.15, 0.2) is 59.0 Å². The summed E-state index contributed by atoms with van der Waals surface area (Å²) in [5, 5.41) is 12.9. The van der Waals surface area contributed by atoms with E-state index in [4.69, 9.17) is 19.1 Å². The minimum Gasteiger partial charge on any atom is -0.480 e. The molecule has 0 bridgehead atoms. The van der Waals surface area contributed by atoms with E-state index in [1.54, 1.807) is 7.11 Å². The predicted molar refractivity (Wildman–Crippen MR) is 163 cm³/mol. The van der Waals surface area contributed by atoms with Crippen molar-refractivity contribution in [2.75, 3.05) is 65.4 Å². The van der Waals surface area contributed by atoms with Crippen LogP contribution in [-0.2, 0) is 5.54 Å². The van der Waals surface area contributed by atoms with Gasteiger partial charge in [0.2, 0.25) is 17.5 Å². The quantitative estimate of drug-likeness (QED) is 0.291. The summed E-state index contributed by atoms with van der Waals surface area (Å²) >= 11 is 0. The second-order valence-electron chi connectivity index (χ2n) is 11.5. The van der Waals surface area contributed by atoms with E-state index in [0.717, 1.165) is 86.2 Å². The van der Waals surface area contributed by atoms with Crippen LogP contribution in [0.5, 0.6) is 5.88 Å². The van der Waals surface area contributed by atoms with E-state index < -0.39 is 11.6 Å². The molecule has 0 unspecified atom stereocenters. The number of methoxy groups -OCH3 is 1. The zero-order chi connectivity index (χ0) is 29.3. The summed E-state index contributed by atoms with van der Waals surface area (Å²) in [4.78, 5) is 28.1. The molecule has 0 radical (unpaired) electrons. The Balaban J connectivity index is 1.38. The number of nitrogens with zero attached hydrogens (tertiary/aromatic N) is 5. The van der Waals surface area contributed by atoms with Gasteiger partial charge in [0.15, 0.2) is 0 Å². The van der Waals surface area contributed by atoms with Crippen LogP contribution in [0.2, 0.25) is 0 Å². The van der Waals surface area contributed by atoms with Crippen LogP contribution >= 0.6 is 0 Å². The van der Waals surface area contributed by atoms with Crippen molar-refractivity contribution in [3.63, 3.8) is 0 Å². The summed E-state index contributed by atoms with van der Waals surface area (Å²) < 4.78 is 12.4. The topological polar surface area (TPSA) is 107 Å². The molecule has 2 aromatic carbocycles. The number of nitrogens with one attached hydrogen (secondary N) is 1. The SMILES string of the molecule is COc1nc(N2CCN(CCN(C)C)CC2)nc2oc(-c3ccc(C4(NC(=O)O)CCC4)cc3)c(-c3ccccc3)c12. The maximum Gasteiger partial charge on any atom is 0.405 e. The van der Waals surface area contributed by atoms with E-state index in [2.05, 4.69) is 34.1 Å².